The minimum atomic E-state index is -0.690. The van der Waals surface area contributed by atoms with Crippen LogP contribution < -0.4 is 9.47 Å². The molecule has 0 bridgehead atoms. The summed E-state index contributed by atoms with van der Waals surface area (Å²) >= 11 is 0. The van der Waals surface area contributed by atoms with Crippen LogP contribution in [0, 0.1) is 22.7 Å². The summed E-state index contributed by atoms with van der Waals surface area (Å²) < 4.78 is 10.7. The average molecular weight is 324 g/mol. The highest BCUT2D eigenvalue weighted by Crippen LogP contribution is 2.45. The highest BCUT2D eigenvalue weighted by molar-refractivity contribution is 5.84. The van der Waals surface area contributed by atoms with Crippen LogP contribution in [-0.2, 0) is 5.41 Å². The summed E-state index contributed by atoms with van der Waals surface area (Å²) in [5.74, 6) is 0.0719. The van der Waals surface area contributed by atoms with Crippen molar-refractivity contribution in [3.63, 3.8) is 0 Å². The topological polar surface area (TPSA) is 94.8 Å². The summed E-state index contributed by atoms with van der Waals surface area (Å²) in [5.41, 5.74) is 2.53. The van der Waals surface area contributed by atoms with E-state index in [-0.39, 0.29) is 17.2 Å². The number of fused-ring (bicyclic) bond motifs is 1. The molecule has 2 unspecified atom stereocenters. The van der Waals surface area contributed by atoms with Crippen LogP contribution in [0.2, 0.25) is 0 Å². The van der Waals surface area contributed by atoms with Crippen molar-refractivity contribution in [1.82, 2.24) is 10.2 Å². The van der Waals surface area contributed by atoms with E-state index in [1.807, 2.05) is 24.3 Å². The Hall–Kier alpha value is -2.81. The van der Waals surface area contributed by atoms with Crippen molar-refractivity contribution < 1.29 is 9.47 Å². The Morgan fingerprint density at radius 2 is 1.96 bits per heavy atom. The van der Waals surface area contributed by atoms with Crippen LogP contribution in [0.1, 0.15) is 43.5 Å². The smallest absolute Gasteiger partial charge is 0.243 e. The summed E-state index contributed by atoms with van der Waals surface area (Å²) in [6, 6.07) is 9.79. The molecule has 2 aromatic rings. The molecule has 0 radical (unpaired) electrons. The van der Waals surface area contributed by atoms with Gasteiger partial charge in [0.1, 0.15) is 11.7 Å². The summed E-state index contributed by atoms with van der Waals surface area (Å²) in [7, 11) is 1.61. The van der Waals surface area contributed by atoms with Gasteiger partial charge in [0.2, 0.25) is 11.8 Å². The van der Waals surface area contributed by atoms with Gasteiger partial charge in [-0.05, 0) is 17.7 Å². The van der Waals surface area contributed by atoms with Gasteiger partial charge in [0.25, 0.3) is 0 Å². The van der Waals surface area contributed by atoms with E-state index in [0.29, 0.717) is 5.88 Å². The fourth-order valence-corrected chi connectivity index (χ4v) is 3.06. The predicted octanol–water partition coefficient (Wildman–Crippen LogP) is 3.36. The number of nitrogens with one attached hydrogen (secondary N) is 2. The minimum Gasteiger partial charge on any atom is -0.497 e. The number of aromatic nitrogens is 2. The highest BCUT2D eigenvalue weighted by Gasteiger charge is 2.42. The number of hydrogen-bond donors (Lipinski definition) is 2. The Labute approximate surface area is 140 Å². The molecule has 0 amide bonds. The zero-order valence-electron chi connectivity index (χ0n) is 14.2. The van der Waals surface area contributed by atoms with E-state index >= 15 is 0 Å². The van der Waals surface area contributed by atoms with Crippen LogP contribution in [0.3, 0.4) is 0 Å². The van der Waals surface area contributed by atoms with Gasteiger partial charge in [-0.25, -0.2) is 0 Å². The van der Waals surface area contributed by atoms with Gasteiger partial charge in [-0.15, -0.1) is 5.10 Å². The molecule has 3 rings (SSSR count). The molecule has 2 N–H and O–H groups in total. The first-order valence-corrected chi connectivity index (χ1v) is 7.75. The van der Waals surface area contributed by atoms with E-state index in [2.05, 4.69) is 37.0 Å². The zero-order valence-corrected chi connectivity index (χ0v) is 14.2. The first-order valence-electron chi connectivity index (χ1n) is 7.75. The fraction of sp³-hybridized carbons (Fsp3) is 0.389. The third kappa shape index (κ3) is 2.52. The van der Waals surface area contributed by atoms with Gasteiger partial charge in [0.05, 0.1) is 13.2 Å². The molecular weight excluding hydrogens is 304 g/mol. The van der Waals surface area contributed by atoms with Crippen molar-refractivity contribution in [2.24, 2.45) is 5.92 Å². The van der Waals surface area contributed by atoms with Crippen LogP contribution >= 0.6 is 0 Å². The van der Waals surface area contributed by atoms with Crippen molar-refractivity contribution >= 4 is 5.90 Å². The van der Waals surface area contributed by atoms with E-state index in [4.69, 9.17) is 14.9 Å². The normalized spacial score (nSPS) is 20.0. The number of aromatic amines is 1. The number of hydrogen-bond acceptors (Lipinski definition) is 5. The number of nitriles is 1. The van der Waals surface area contributed by atoms with Crippen LogP contribution in [0.25, 0.3) is 0 Å². The Kier molecular flexibility index (Phi) is 3.80. The first kappa shape index (κ1) is 16.1. The van der Waals surface area contributed by atoms with Crippen molar-refractivity contribution in [2.45, 2.75) is 32.1 Å². The van der Waals surface area contributed by atoms with Crippen molar-refractivity contribution in [3.05, 3.63) is 41.1 Å². The van der Waals surface area contributed by atoms with Crippen LogP contribution in [-0.4, -0.2) is 23.2 Å². The summed E-state index contributed by atoms with van der Waals surface area (Å²) in [5, 5.41) is 25.0. The van der Waals surface area contributed by atoms with Gasteiger partial charge >= 0.3 is 0 Å². The molecule has 2 heterocycles. The predicted molar refractivity (Wildman–Crippen MR) is 89.6 cm³/mol. The lowest BCUT2D eigenvalue weighted by molar-refractivity contribution is 0.413. The molecule has 1 aliphatic rings. The molecule has 0 aliphatic carbocycles. The number of ether oxygens (including phenoxy) is 2. The molecule has 1 aromatic carbocycles. The lowest BCUT2D eigenvalue weighted by Gasteiger charge is -2.30. The maximum absolute atomic E-state index is 9.62. The first-order chi connectivity index (χ1) is 11.4. The second-order valence-corrected chi connectivity index (χ2v) is 6.89. The van der Waals surface area contributed by atoms with Gasteiger partial charge in [0.15, 0.2) is 0 Å². The number of nitrogens with zero attached hydrogens (tertiary/aromatic N) is 2. The molecule has 0 fully saturated rings. The van der Waals surface area contributed by atoms with Crippen molar-refractivity contribution in [2.75, 3.05) is 7.11 Å². The van der Waals surface area contributed by atoms with Crippen LogP contribution in [0.15, 0.2) is 24.3 Å². The number of H-pyrrole nitrogens is 1. The fourth-order valence-electron chi connectivity index (χ4n) is 3.06. The lowest BCUT2D eigenvalue weighted by atomic mass is 9.76. The van der Waals surface area contributed by atoms with Crippen molar-refractivity contribution in [3.8, 4) is 17.7 Å². The second-order valence-electron chi connectivity index (χ2n) is 6.89. The van der Waals surface area contributed by atoms with E-state index in [0.717, 1.165) is 22.6 Å². The van der Waals surface area contributed by atoms with E-state index in [1.54, 1.807) is 7.11 Å². The van der Waals surface area contributed by atoms with Gasteiger partial charge in [-0.1, -0.05) is 32.9 Å². The van der Waals surface area contributed by atoms with Gasteiger partial charge < -0.3 is 9.47 Å². The molecule has 6 heteroatoms. The standard InChI is InChI=1S/C18H20N4O2/c1-18(2,3)15-14-13(10-5-7-11(23-4)8-6-10)12(9-19)16(20)24-17(14)22-21-15/h5-8,12-13,20H,1-4H3,(H,21,22). The SMILES string of the molecule is COc1ccc(C2c3c(n[nH]c3C(C)(C)C)OC(=N)C2C#N)cc1. The molecule has 124 valence electrons. The third-order valence-electron chi connectivity index (χ3n) is 4.27. The molecule has 1 aromatic heterocycles. The largest absolute Gasteiger partial charge is 0.497 e. The van der Waals surface area contributed by atoms with Gasteiger partial charge in [0, 0.05) is 22.6 Å². The Balaban J connectivity index is 2.20. The van der Waals surface area contributed by atoms with Crippen molar-refractivity contribution in [1.29, 1.82) is 10.7 Å². The van der Waals surface area contributed by atoms with E-state index in [1.165, 1.54) is 0 Å². The molecule has 0 spiro atoms. The Morgan fingerprint density at radius 1 is 1.29 bits per heavy atom. The van der Waals surface area contributed by atoms with E-state index < -0.39 is 5.92 Å². The third-order valence-corrected chi connectivity index (χ3v) is 4.27. The molecule has 1 aliphatic heterocycles. The van der Waals surface area contributed by atoms with Crippen LogP contribution in [0.4, 0.5) is 0 Å². The Bertz CT molecular complexity index is 809. The molecule has 2 atom stereocenters. The molecular formula is C18H20N4O2. The Morgan fingerprint density at radius 3 is 2.50 bits per heavy atom. The lowest BCUT2D eigenvalue weighted by Crippen LogP contribution is -2.32. The molecule has 0 saturated carbocycles. The summed E-state index contributed by atoms with van der Waals surface area (Å²) in [6.45, 7) is 6.23. The highest BCUT2D eigenvalue weighted by atomic mass is 16.5. The van der Waals surface area contributed by atoms with Gasteiger partial charge in [-0.2, -0.15) is 5.26 Å². The number of rotatable bonds is 2. The molecule has 6 nitrogen and oxygen atoms in total. The average Bonchev–Trinajstić information content (AvgIpc) is 2.97. The second kappa shape index (κ2) is 5.68. The summed E-state index contributed by atoms with van der Waals surface area (Å²) in [4.78, 5) is 0. The molecule has 0 saturated heterocycles. The quantitative estimate of drug-likeness (QED) is 0.885. The summed E-state index contributed by atoms with van der Waals surface area (Å²) in [6.07, 6.45) is 0. The zero-order chi connectivity index (χ0) is 17.5. The van der Waals surface area contributed by atoms with E-state index in [9.17, 15) is 5.26 Å². The monoisotopic (exact) mass is 324 g/mol. The minimum absolute atomic E-state index is 0.0715. The number of methoxy groups -OCH3 is 1. The van der Waals surface area contributed by atoms with Gasteiger partial charge in [-0.3, -0.25) is 10.5 Å². The maximum Gasteiger partial charge on any atom is 0.243 e. The maximum atomic E-state index is 9.62. The molecule has 24 heavy (non-hydrogen) atoms. The van der Waals surface area contributed by atoms with Crippen LogP contribution in [0.5, 0.6) is 11.6 Å². The number of benzene rings is 1.